The summed E-state index contributed by atoms with van der Waals surface area (Å²) in [4.78, 5) is 38.8. The van der Waals surface area contributed by atoms with Crippen LogP contribution in [0.15, 0.2) is 11.6 Å². The standard InChI is InChI=1S/C12H17N5O3S2/c1-13-8(18)4-7-5-9(19)16-12(15-7)22-6-10(20)17-11-14-2-3-21-11/h2-3,7,12,15H,4-6H2,1H3,(H,13,18)(H,16,19)(H,14,17,20). The molecule has 0 radical (unpaired) electrons. The topological polar surface area (TPSA) is 112 Å². The quantitative estimate of drug-likeness (QED) is 0.565. The second-order valence-corrected chi connectivity index (χ2v) is 6.58. The number of hydrogen-bond acceptors (Lipinski definition) is 7. The second-order valence-electron chi connectivity index (χ2n) is 4.59. The molecule has 120 valence electrons. The van der Waals surface area contributed by atoms with Crippen LogP contribution in [0.4, 0.5) is 5.13 Å². The maximum absolute atomic E-state index is 11.8. The predicted molar refractivity (Wildman–Crippen MR) is 85.4 cm³/mol. The molecule has 2 heterocycles. The monoisotopic (exact) mass is 343 g/mol. The lowest BCUT2D eigenvalue weighted by atomic mass is 10.1. The number of thiazole rings is 1. The van der Waals surface area contributed by atoms with Crippen molar-refractivity contribution in [1.82, 2.24) is 20.9 Å². The maximum Gasteiger partial charge on any atom is 0.236 e. The van der Waals surface area contributed by atoms with Crippen molar-refractivity contribution in [1.29, 1.82) is 0 Å². The SMILES string of the molecule is CNC(=O)CC1CC(=O)NC(SCC(=O)Nc2nccs2)N1. The lowest BCUT2D eigenvalue weighted by molar-refractivity contribution is -0.125. The third-order valence-electron chi connectivity index (χ3n) is 2.88. The highest BCUT2D eigenvalue weighted by atomic mass is 32.2. The number of amides is 3. The Kier molecular flexibility index (Phi) is 6.16. The zero-order valence-corrected chi connectivity index (χ0v) is 13.6. The minimum atomic E-state index is -0.391. The molecule has 8 nitrogen and oxygen atoms in total. The average molecular weight is 343 g/mol. The minimum absolute atomic E-state index is 0.127. The lowest BCUT2D eigenvalue weighted by Crippen LogP contribution is -2.55. The Morgan fingerprint density at radius 2 is 2.32 bits per heavy atom. The van der Waals surface area contributed by atoms with Crippen molar-refractivity contribution in [3.05, 3.63) is 11.6 Å². The second kappa shape index (κ2) is 8.11. The minimum Gasteiger partial charge on any atom is -0.359 e. The van der Waals surface area contributed by atoms with E-state index in [-0.39, 0.29) is 42.4 Å². The molecule has 0 bridgehead atoms. The van der Waals surface area contributed by atoms with E-state index in [1.807, 2.05) is 0 Å². The fourth-order valence-electron chi connectivity index (χ4n) is 1.89. The summed E-state index contributed by atoms with van der Waals surface area (Å²) >= 11 is 2.60. The van der Waals surface area contributed by atoms with Crippen molar-refractivity contribution in [2.24, 2.45) is 0 Å². The molecule has 10 heteroatoms. The van der Waals surface area contributed by atoms with Crippen LogP contribution in [0.2, 0.25) is 0 Å². The Bertz CT molecular complexity index is 537. The van der Waals surface area contributed by atoms with Crippen LogP contribution >= 0.6 is 23.1 Å². The van der Waals surface area contributed by atoms with E-state index in [1.165, 1.54) is 23.1 Å². The number of hydrogen-bond donors (Lipinski definition) is 4. The van der Waals surface area contributed by atoms with Gasteiger partial charge in [0.2, 0.25) is 17.7 Å². The van der Waals surface area contributed by atoms with Crippen molar-refractivity contribution in [3.63, 3.8) is 0 Å². The number of nitrogens with zero attached hydrogens (tertiary/aromatic N) is 1. The number of thioether (sulfide) groups is 1. The highest BCUT2D eigenvalue weighted by molar-refractivity contribution is 8.00. The molecule has 4 N–H and O–H groups in total. The normalized spacial score (nSPS) is 21.0. The number of anilines is 1. The number of carbonyl (C=O) groups excluding carboxylic acids is 3. The maximum atomic E-state index is 11.8. The van der Waals surface area contributed by atoms with Gasteiger partial charge in [-0.2, -0.15) is 0 Å². The van der Waals surface area contributed by atoms with Gasteiger partial charge >= 0.3 is 0 Å². The molecular formula is C12H17N5O3S2. The third kappa shape index (κ3) is 5.28. The summed E-state index contributed by atoms with van der Waals surface area (Å²) in [6.45, 7) is 0. The third-order valence-corrected chi connectivity index (χ3v) is 4.59. The van der Waals surface area contributed by atoms with Crippen LogP contribution in [0, 0.1) is 0 Å². The van der Waals surface area contributed by atoms with Crippen molar-refractivity contribution >= 4 is 46.0 Å². The summed E-state index contributed by atoms with van der Waals surface area (Å²) < 4.78 is 0. The summed E-state index contributed by atoms with van der Waals surface area (Å²) in [5.41, 5.74) is -0.391. The Labute approximate surface area is 135 Å². The molecule has 1 aromatic rings. The lowest BCUT2D eigenvalue weighted by Gasteiger charge is -2.30. The van der Waals surface area contributed by atoms with Gasteiger partial charge in [0.25, 0.3) is 0 Å². The number of rotatable bonds is 6. The van der Waals surface area contributed by atoms with Crippen LogP contribution in [0.25, 0.3) is 0 Å². The van der Waals surface area contributed by atoms with Crippen LogP contribution in [0.3, 0.4) is 0 Å². The smallest absolute Gasteiger partial charge is 0.236 e. The Balaban J connectivity index is 1.77. The summed E-state index contributed by atoms with van der Waals surface area (Å²) in [5, 5.41) is 13.4. The highest BCUT2D eigenvalue weighted by Gasteiger charge is 2.27. The first kappa shape index (κ1) is 16.7. The van der Waals surface area contributed by atoms with Gasteiger partial charge in [-0.3, -0.25) is 19.7 Å². The van der Waals surface area contributed by atoms with E-state index >= 15 is 0 Å². The molecule has 1 saturated heterocycles. The zero-order chi connectivity index (χ0) is 15.9. The van der Waals surface area contributed by atoms with Crippen molar-refractivity contribution in [2.75, 3.05) is 18.1 Å². The molecule has 2 unspecified atom stereocenters. The van der Waals surface area contributed by atoms with E-state index in [0.29, 0.717) is 5.13 Å². The van der Waals surface area contributed by atoms with Crippen molar-refractivity contribution in [3.8, 4) is 0 Å². The van der Waals surface area contributed by atoms with Gasteiger partial charge in [0, 0.05) is 37.5 Å². The van der Waals surface area contributed by atoms with Crippen molar-refractivity contribution in [2.45, 2.75) is 24.4 Å². The van der Waals surface area contributed by atoms with Gasteiger partial charge in [-0.15, -0.1) is 23.1 Å². The highest BCUT2D eigenvalue weighted by Crippen LogP contribution is 2.15. The van der Waals surface area contributed by atoms with E-state index in [4.69, 9.17) is 0 Å². The van der Waals surface area contributed by atoms with E-state index in [9.17, 15) is 14.4 Å². The average Bonchev–Trinajstić information content (AvgIpc) is 2.97. The number of nitrogens with one attached hydrogen (secondary N) is 4. The molecule has 0 aromatic carbocycles. The molecule has 1 aliphatic rings. The fraction of sp³-hybridized carbons (Fsp3) is 0.500. The van der Waals surface area contributed by atoms with E-state index in [2.05, 4.69) is 26.3 Å². The molecule has 1 fully saturated rings. The molecule has 3 amide bonds. The van der Waals surface area contributed by atoms with E-state index in [1.54, 1.807) is 18.6 Å². The summed E-state index contributed by atoms with van der Waals surface area (Å²) in [6, 6.07) is -0.228. The Hall–Kier alpha value is -1.65. The molecule has 0 spiro atoms. The van der Waals surface area contributed by atoms with Crippen molar-refractivity contribution < 1.29 is 14.4 Å². The molecule has 0 saturated carbocycles. The van der Waals surface area contributed by atoms with Gasteiger partial charge in [0.05, 0.1) is 5.75 Å². The molecule has 0 aliphatic carbocycles. The Morgan fingerprint density at radius 3 is 3.00 bits per heavy atom. The van der Waals surface area contributed by atoms with Gasteiger partial charge in [-0.05, 0) is 0 Å². The van der Waals surface area contributed by atoms with Gasteiger partial charge in [-0.1, -0.05) is 0 Å². The predicted octanol–water partition coefficient (Wildman–Crippen LogP) is -0.287. The fourth-order valence-corrected chi connectivity index (χ4v) is 3.33. The molecule has 2 atom stereocenters. The first-order chi connectivity index (χ1) is 10.6. The molecule has 2 rings (SSSR count). The summed E-state index contributed by atoms with van der Waals surface area (Å²) in [6.07, 6.45) is 2.09. The van der Waals surface area contributed by atoms with Crippen LogP contribution in [0.5, 0.6) is 0 Å². The van der Waals surface area contributed by atoms with Crippen LogP contribution in [0.1, 0.15) is 12.8 Å². The largest absolute Gasteiger partial charge is 0.359 e. The van der Waals surface area contributed by atoms with Gasteiger partial charge in [-0.25, -0.2) is 4.98 Å². The van der Waals surface area contributed by atoms with E-state index < -0.39 is 5.50 Å². The molecular weight excluding hydrogens is 326 g/mol. The number of carbonyl (C=O) groups is 3. The van der Waals surface area contributed by atoms with Gasteiger partial charge < -0.3 is 16.0 Å². The molecule has 22 heavy (non-hydrogen) atoms. The Morgan fingerprint density at radius 1 is 1.50 bits per heavy atom. The van der Waals surface area contributed by atoms with E-state index in [0.717, 1.165) is 0 Å². The first-order valence-electron chi connectivity index (χ1n) is 6.63. The summed E-state index contributed by atoms with van der Waals surface area (Å²) in [5.74, 6) is -0.281. The van der Waals surface area contributed by atoms with Crippen LogP contribution in [-0.2, 0) is 14.4 Å². The molecule has 1 aromatic heterocycles. The van der Waals surface area contributed by atoms with Gasteiger partial charge in [0.15, 0.2) is 5.13 Å². The zero-order valence-electron chi connectivity index (χ0n) is 11.9. The van der Waals surface area contributed by atoms with Crippen LogP contribution < -0.4 is 21.3 Å². The van der Waals surface area contributed by atoms with Crippen LogP contribution in [-0.4, -0.2) is 47.0 Å². The molecule has 1 aliphatic heterocycles. The summed E-state index contributed by atoms with van der Waals surface area (Å²) in [7, 11) is 1.56. The van der Waals surface area contributed by atoms with Gasteiger partial charge in [0.1, 0.15) is 5.50 Å². The number of aromatic nitrogens is 1. The first-order valence-corrected chi connectivity index (χ1v) is 8.56.